The van der Waals surface area contributed by atoms with E-state index < -0.39 is 0 Å². The summed E-state index contributed by atoms with van der Waals surface area (Å²) in [7, 11) is 3.28. The maximum Gasteiger partial charge on any atom is 0.332 e. The Hall–Kier alpha value is -3.29. The van der Waals surface area contributed by atoms with Crippen molar-refractivity contribution in [3.63, 3.8) is 0 Å². The standard InChI is InChI=1S/C20H23N5O3/c1-6-11-23-18(26)16-17(22(4)20(23)27)21-19-24(12(2)13(3)25(16)19)14-7-9-15(28-5)10-8-14/h7-10H,6,11H2,1-5H3. The van der Waals surface area contributed by atoms with Crippen LogP contribution in [0.3, 0.4) is 0 Å². The molecule has 0 amide bonds. The molecule has 0 aliphatic carbocycles. The van der Waals surface area contributed by atoms with Gasteiger partial charge in [-0.1, -0.05) is 6.92 Å². The summed E-state index contributed by atoms with van der Waals surface area (Å²) in [4.78, 5) is 30.4. The number of hydrogen-bond acceptors (Lipinski definition) is 4. The zero-order chi connectivity index (χ0) is 20.2. The van der Waals surface area contributed by atoms with Crippen LogP contribution >= 0.6 is 0 Å². The molecule has 3 aromatic heterocycles. The second-order valence-corrected chi connectivity index (χ2v) is 6.92. The molecular weight excluding hydrogens is 358 g/mol. The zero-order valence-electron chi connectivity index (χ0n) is 16.7. The smallest absolute Gasteiger partial charge is 0.332 e. The molecule has 4 aromatic rings. The van der Waals surface area contributed by atoms with Crippen molar-refractivity contribution in [2.24, 2.45) is 7.05 Å². The molecule has 8 heteroatoms. The molecule has 0 bridgehead atoms. The topological polar surface area (TPSA) is 75.5 Å². The van der Waals surface area contributed by atoms with Gasteiger partial charge in [0.05, 0.1) is 7.11 Å². The molecule has 0 fully saturated rings. The van der Waals surface area contributed by atoms with Crippen LogP contribution in [-0.4, -0.2) is 30.2 Å². The van der Waals surface area contributed by atoms with Gasteiger partial charge in [-0.05, 0) is 44.5 Å². The quantitative estimate of drug-likeness (QED) is 0.543. The molecule has 28 heavy (non-hydrogen) atoms. The summed E-state index contributed by atoms with van der Waals surface area (Å²) in [6.45, 7) is 6.27. The highest BCUT2D eigenvalue weighted by Gasteiger charge is 2.22. The third kappa shape index (κ3) is 2.33. The van der Waals surface area contributed by atoms with Crippen molar-refractivity contribution in [3.8, 4) is 11.4 Å². The molecule has 3 heterocycles. The summed E-state index contributed by atoms with van der Waals surface area (Å²) in [6, 6.07) is 7.65. The average molecular weight is 381 g/mol. The zero-order valence-corrected chi connectivity index (χ0v) is 16.7. The fourth-order valence-electron chi connectivity index (χ4n) is 3.71. The van der Waals surface area contributed by atoms with E-state index in [9.17, 15) is 9.59 Å². The van der Waals surface area contributed by atoms with Crippen molar-refractivity contribution in [3.05, 3.63) is 56.5 Å². The van der Waals surface area contributed by atoms with Gasteiger partial charge in [0.1, 0.15) is 5.75 Å². The van der Waals surface area contributed by atoms with Crippen LogP contribution in [0.1, 0.15) is 24.7 Å². The number of methoxy groups -OCH3 is 1. The Morgan fingerprint density at radius 2 is 1.75 bits per heavy atom. The van der Waals surface area contributed by atoms with Crippen LogP contribution in [0.2, 0.25) is 0 Å². The maximum absolute atomic E-state index is 13.1. The fourth-order valence-corrected chi connectivity index (χ4v) is 3.71. The lowest BCUT2D eigenvalue weighted by Gasteiger charge is -2.08. The van der Waals surface area contributed by atoms with Crippen molar-refractivity contribution < 1.29 is 4.74 Å². The Morgan fingerprint density at radius 3 is 2.36 bits per heavy atom. The van der Waals surface area contributed by atoms with Crippen LogP contribution in [0.15, 0.2) is 33.9 Å². The Kier molecular flexibility index (Phi) is 4.14. The van der Waals surface area contributed by atoms with Crippen molar-refractivity contribution in [2.75, 3.05) is 7.11 Å². The first-order valence-corrected chi connectivity index (χ1v) is 9.25. The summed E-state index contributed by atoms with van der Waals surface area (Å²) < 4.78 is 11.8. The number of ether oxygens (including phenoxy) is 1. The molecule has 0 saturated carbocycles. The highest BCUT2D eigenvalue weighted by molar-refractivity contribution is 5.77. The SMILES string of the molecule is CCCn1c(=O)c2c(nc3n(-c4ccc(OC)cc4)c(C)c(C)n23)n(C)c1=O. The van der Waals surface area contributed by atoms with Crippen molar-refractivity contribution in [1.82, 2.24) is 23.1 Å². The predicted molar refractivity (Wildman–Crippen MR) is 108 cm³/mol. The molecule has 0 unspecified atom stereocenters. The molecule has 1 aromatic carbocycles. The summed E-state index contributed by atoms with van der Waals surface area (Å²) in [5, 5.41) is 0. The van der Waals surface area contributed by atoms with Gasteiger partial charge in [-0.3, -0.25) is 22.9 Å². The van der Waals surface area contributed by atoms with E-state index in [0.29, 0.717) is 29.9 Å². The van der Waals surface area contributed by atoms with E-state index in [1.54, 1.807) is 14.2 Å². The number of benzene rings is 1. The van der Waals surface area contributed by atoms with E-state index in [1.165, 1.54) is 9.13 Å². The Bertz CT molecular complexity index is 1320. The van der Waals surface area contributed by atoms with Gasteiger partial charge in [0, 0.05) is 30.7 Å². The minimum Gasteiger partial charge on any atom is -0.497 e. The fraction of sp³-hybridized carbons (Fsp3) is 0.350. The molecule has 0 spiro atoms. The Morgan fingerprint density at radius 1 is 1.07 bits per heavy atom. The lowest BCUT2D eigenvalue weighted by atomic mass is 10.3. The molecule has 0 N–H and O–H groups in total. The van der Waals surface area contributed by atoms with Crippen LogP contribution < -0.4 is 16.0 Å². The second-order valence-electron chi connectivity index (χ2n) is 6.92. The first-order chi connectivity index (χ1) is 13.4. The lowest BCUT2D eigenvalue weighted by molar-refractivity contribution is 0.415. The van der Waals surface area contributed by atoms with Gasteiger partial charge in [0.25, 0.3) is 5.56 Å². The Labute approximate surface area is 161 Å². The average Bonchev–Trinajstić information content (AvgIpc) is 3.19. The van der Waals surface area contributed by atoms with E-state index >= 15 is 0 Å². The molecule has 0 saturated heterocycles. The number of nitrogens with zero attached hydrogens (tertiary/aromatic N) is 5. The summed E-state index contributed by atoms with van der Waals surface area (Å²) >= 11 is 0. The van der Waals surface area contributed by atoms with Gasteiger partial charge in [0.15, 0.2) is 11.2 Å². The van der Waals surface area contributed by atoms with Crippen LogP contribution in [0.4, 0.5) is 0 Å². The first kappa shape index (κ1) is 18.1. The van der Waals surface area contributed by atoms with E-state index in [-0.39, 0.29) is 11.2 Å². The number of fused-ring (bicyclic) bond motifs is 3. The molecule has 0 atom stereocenters. The molecule has 0 aliphatic rings. The number of aryl methyl sites for hydroxylation is 2. The number of rotatable bonds is 4. The van der Waals surface area contributed by atoms with Gasteiger partial charge < -0.3 is 4.74 Å². The third-order valence-electron chi connectivity index (χ3n) is 5.30. The third-order valence-corrected chi connectivity index (χ3v) is 5.30. The molecule has 0 radical (unpaired) electrons. The molecule has 0 aliphatic heterocycles. The molecule has 4 rings (SSSR count). The lowest BCUT2D eigenvalue weighted by Crippen LogP contribution is -2.39. The van der Waals surface area contributed by atoms with Gasteiger partial charge in [-0.2, -0.15) is 4.98 Å². The van der Waals surface area contributed by atoms with E-state index in [0.717, 1.165) is 22.8 Å². The van der Waals surface area contributed by atoms with E-state index in [4.69, 9.17) is 4.74 Å². The van der Waals surface area contributed by atoms with E-state index in [1.807, 2.05) is 54.0 Å². The van der Waals surface area contributed by atoms with Crippen molar-refractivity contribution >= 4 is 16.9 Å². The predicted octanol–water partition coefficient (Wildman–Crippen LogP) is 2.17. The van der Waals surface area contributed by atoms with Crippen LogP contribution in [0.5, 0.6) is 5.75 Å². The van der Waals surface area contributed by atoms with Crippen LogP contribution in [0, 0.1) is 13.8 Å². The summed E-state index contributed by atoms with van der Waals surface area (Å²) in [5.74, 6) is 1.37. The minimum absolute atomic E-state index is 0.303. The number of imidazole rings is 2. The number of aromatic nitrogens is 5. The normalized spacial score (nSPS) is 11.6. The van der Waals surface area contributed by atoms with Gasteiger partial charge in [-0.15, -0.1) is 0 Å². The van der Waals surface area contributed by atoms with E-state index in [2.05, 4.69) is 4.98 Å². The van der Waals surface area contributed by atoms with Crippen molar-refractivity contribution in [1.29, 1.82) is 0 Å². The highest BCUT2D eigenvalue weighted by Crippen LogP contribution is 2.25. The monoisotopic (exact) mass is 381 g/mol. The van der Waals surface area contributed by atoms with Gasteiger partial charge in [0.2, 0.25) is 5.78 Å². The molecule has 8 nitrogen and oxygen atoms in total. The van der Waals surface area contributed by atoms with Crippen LogP contribution in [-0.2, 0) is 13.6 Å². The molecule has 146 valence electrons. The van der Waals surface area contributed by atoms with Gasteiger partial charge in [-0.25, -0.2) is 4.79 Å². The largest absolute Gasteiger partial charge is 0.497 e. The number of hydrogen-bond donors (Lipinski definition) is 0. The summed E-state index contributed by atoms with van der Waals surface area (Å²) in [5.41, 5.74) is 2.97. The van der Waals surface area contributed by atoms with Gasteiger partial charge >= 0.3 is 5.69 Å². The molecular formula is C20H23N5O3. The Balaban J connectivity index is 2.14. The minimum atomic E-state index is -0.342. The first-order valence-electron chi connectivity index (χ1n) is 9.25. The summed E-state index contributed by atoms with van der Waals surface area (Å²) in [6.07, 6.45) is 0.702. The van der Waals surface area contributed by atoms with Crippen LogP contribution in [0.25, 0.3) is 22.6 Å². The maximum atomic E-state index is 13.1. The second kappa shape index (κ2) is 6.40. The highest BCUT2D eigenvalue weighted by atomic mass is 16.5. The van der Waals surface area contributed by atoms with Crippen molar-refractivity contribution in [2.45, 2.75) is 33.7 Å².